The van der Waals surface area contributed by atoms with Crippen molar-refractivity contribution in [3.63, 3.8) is 0 Å². The van der Waals surface area contributed by atoms with Crippen LogP contribution in [0.15, 0.2) is 36.7 Å². The minimum Gasteiger partial charge on any atom is -0.390 e. The van der Waals surface area contributed by atoms with Gasteiger partial charge in [0.15, 0.2) is 0 Å². The van der Waals surface area contributed by atoms with Gasteiger partial charge >= 0.3 is 0 Å². The molecule has 2 amide bonds. The molecule has 0 radical (unpaired) electrons. The van der Waals surface area contributed by atoms with E-state index in [1.54, 1.807) is 4.90 Å². The van der Waals surface area contributed by atoms with Gasteiger partial charge in [-0.1, -0.05) is 13.8 Å². The smallest absolute Gasteiger partial charge is 0.255 e. The number of hydrogen-bond acceptors (Lipinski definition) is 6. The number of benzene rings is 1. The van der Waals surface area contributed by atoms with Crippen LogP contribution < -0.4 is 10.6 Å². The van der Waals surface area contributed by atoms with Crippen molar-refractivity contribution in [2.75, 3.05) is 32.8 Å². The number of amides is 2. The molecule has 0 spiro atoms. The summed E-state index contributed by atoms with van der Waals surface area (Å²) in [5, 5.41) is 16.9. The van der Waals surface area contributed by atoms with E-state index in [-0.39, 0.29) is 30.5 Å². The molecular weight excluding hydrogens is 494 g/mol. The fourth-order valence-corrected chi connectivity index (χ4v) is 4.58. The summed E-state index contributed by atoms with van der Waals surface area (Å²) in [7, 11) is 0. The van der Waals surface area contributed by atoms with Crippen molar-refractivity contribution in [2.45, 2.75) is 64.2 Å². The highest BCUT2D eigenvalue weighted by molar-refractivity contribution is 5.99. The number of rotatable bonds is 14. The Morgan fingerprint density at radius 2 is 1.79 bits per heavy atom. The van der Waals surface area contributed by atoms with Crippen LogP contribution in [0.2, 0.25) is 0 Å². The number of carbonyl (C=O) groups is 2. The van der Waals surface area contributed by atoms with E-state index in [0.717, 1.165) is 31.7 Å². The van der Waals surface area contributed by atoms with Gasteiger partial charge in [-0.15, -0.1) is 0 Å². The minimum atomic E-state index is -1.06. The zero-order valence-electron chi connectivity index (χ0n) is 22.1. The molecule has 0 saturated carbocycles. The van der Waals surface area contributed by atoms with Crippen molar-refractivity contribution < 1.29 is 28.2 Å². The van der Waals surface area contributed by atoms with E-state index in [1.165, 1.54) is 30.6 Å². The molecule has 2 heterocycles. The molecule has 1 aromatic carbocycles. The lowest BCUT2D eigenvalue weighted by molar-refractivity contribution is 0.0754. The number of ether oxygens (including phenoxy) is 1. The molecule has 10 heteroatoms. The van der Waals surface area contributed by atoms with Crippen LogP contribution in [0, 0.1) is 11.6 Å². The first kappa shape index (κ1) is 29.6. The van der Waals surface area contributed by atoms with Crippen molar-refractivity contribution in [1.82, 2.24) is 20.5 Å². The number of hydrogen-bond donors (Lipinski definition) is 3. The van der Waals surface area contributed by atoms with Gasteiger partial charge in [0.05, 0.1) is 29.4 Å². The average molecular weight is 533 g/mol. The molecule has 38 heavy (non-hydrogen) atoms. The van der Waals surface area contributed by atoms with Crippen LogP contribution in [0.5, 0.6) is 0 Å². The Hall–Kier alpha value is -2.95. The predicted molar refractivity (Wildman–Crippen MR) is 140 cm³/mol. The van der Waals surface area contributed by atoms with E-state index >= 15 is 0 Å². The van der Waals surface area contributed by atoms with Crippen molar-refractivity contribution >= 4 is 11.8 Å². The maximum atomic E-state index is 13.8. The summed E-state index contributed by atoms with van der Waals surface area (Å²) in [6.45, 7) is 6.58. The molecule has 1 aromatic heterocycles. The van der Waals surface area contributed by atoms with Crippen LogP contribution in [-0.2, 0) is 11.2 Å². The van der Waals surface area contributed by atoms with Gasteiger partial charge in [-0.2, -0.15) is 0 Å². The standard InChI is InChI=1S/C28H38F2N4O4/c1-3-7-34(8-4-2)28(37)21-13-20(15-31-16-21)27(36)33-25(12-19-10-22(29)14-23(30)11-19)26(35)18-32-17-24-6-5-9-38-24/h10-11,13-16,24-26,32,35H,3-9,12,17-18H2,1-2H3,(H,33,36)/t24-,25-,26+/m0/s1. The van der Waals surface area contributed by atoms with Gasteiger partial charge in [0, 0.05) is 51.2 Å². The van der Waals surface area contributed by atoms with Crippen molar-refractivity contribution in [2.24, 2.45) is 0 Å². The maximum absolute atomic E-state index is 13.8. The molecule has 0 bridgehead atoms. The lowest BCUT2D eigenvalue weighted by atomic mass is 10.00. The lowest BCUT2D eigenvalue weighted by Crippen LogP contribution is -2.49. The maximum Gasteiger partial charge on any atom is 0.255 e. The van der Waals surface area contributed by atoms with Gasteiger partial charge in [0.25, 0.3) is 11.8 Å². The fraction of sp³-hybridized carbons (Fsp3) is 0.536. The van der Waals surface area contributed by atoms with Crippen LogP contribution in [0.4, 0.5) is 8.78 Å². The Morgan fingerprint density at radius 3 is 2.42 bits per heavy atom. The fourth-order valence-electron chi connectivity index (χ4n) is 4.58. The molecule has 3 rings (SSSR count). The van der Waals surface area contributed by atoms with Crippen LogP contribution >= 0.6 is 0 Å². The van der Waals surface area contributed by atoms with Crippen molar-refractivity contribution in [1.29, 1.82) is 0 Å². The van der Waals surface area contributed by atoms with Crippen LogP contribution in [0.1, 0.15) is 65.8 Å². The first-order chi connectivity index (χ1) is 18.3. The number of halogens is 2. The van der Waals surface area contributed by atoms with Crippen LogP contribution in [-0.4, -0.2) is 77.8 Å². The van der Waals surface area contributed by atoms with Gasteiger partial charge in [0.1, 0.15) is 11.6 Å². The second kappa shape index (κ2) is 14.8. The molecule has 0 unspecified atom stereocenters. The van der Waals surface area contributed by atoms with E-state index in [4.69, 9.17) is 4.74 Å². The number of nitrogens with zero attached hydrogens (tertiary/aromatic N) is 2. The first-order valence-electron chi connectivity index (χ1n) is 13.3. The monoisotopic (exact) mass is 532 g/mol. The lowest BCUT2D eigenvalue weighted by Gasteiger charge is -2.25. The first-order valence-corrected chi connectivity index (χ1v) is 13.3. The molecular formula is C28H38F2N4O4. The summed E-state index contributed by atoms with van der Waals surface area (Å²) in [5.41, 5.74) is 0.739. The molecule has 2 aromatic rings. The van der Waals surface area contributed by atoms with Crippen LogP contribution in [0.3, 0.4) is 0 Å². The molecule has 208 valence electrons. The quantitative estimate of drug-likeness (QED) is 0.346. The topological polar surface area (TPSA) is 104 Å². The summed E-state index contributed by atoms with van der Waals surface area (Å²) in [6, 6.07) is 3.73. The predicted octanol–water partition coefficient (Wildman–Crippen LogP) is 3.09. The Kier molecular flexibility index (Phi) is 11.6. The van der Waals surface area contributed by atoms with Gasteiger partial charge < -0.3 is 25.4 Å². The summed E-state index contributed by atoms with van der Waals surface area (Å²) in [6.07, 6.45) is 5.31. The number of carbonyl (C=O) groups excluding carboxylic acids is 2. The number of nitrogens with one attached hydrogen (secondary N) is 2. The molecule has 1 saturated heterocycles. The van der Waals surface area contributed by atoms with E-state index in [2.05, 4.69) is 15.6 Å². The van der Waals surface area contributed by atoms with E-state index in [1.807, 2.05) is 13.8 Å². The summed E-state index contributed by atoms with van der Waals surface area (Å²) >= 11 is 0. The third-order valence-corrected chi connectivity index (χ3v) is 6.43. The van der Waals surface area contributed by atoms with Crippen molar-refractivity contribution in [3.05, 3.63) is 65.0 Å². The van der Waals surface area contributed by atoms with Gasteiger partial charge in [-0.05, 0) is 55.9 Å². The second-order valence-electron chi connectivity index (χ2n) is 9.68. The number of pyridine rings is 1. The Bertz CT molecular complexity index is 1040. The SMILES string of the molecule is CCCN(CCC)C(=O)c1cncc(C(=O)N[C@@H](Cc2cc(F)cc(F)c2)[C@H](O)CNC[C@@H]2CCCO2)c1. The van der Waals surface area contributed by atoms with E-state index in [9.17, 15) is 23.5 Å². The Labute approximate surface area is 222 Å². The molecule has 8 nitrogen and oxygen atoms in total. The van der Waals surface area contributed by atoms with Crippen LogP contribution in [0.25, 0.3) is 0 Å². The summed E-state index contributed by atoms with van der Waals surface area (Å²) < 4.78 is 33.2. The normalized spacial score (nSPS) is 16.7. The number of aromatic nitrogens is 1. The largest absolute Gasteiger partial charge is 0.390 e. The molecule has 1 aliphatic rings. The number of aliphatic hydroxyl groups excluding tert-OH is 1. The summed E-state index contributed by atoms with van der Waals surface area (Å²) in [4.78, 5) is 32.0. The zero-order valence-corrected chi connectivity index (χ0v) is 22.1. The molecule has 3 atom stereocenters. The highest BCUT2D eigenvalue weighted by Gasteiger charge is 2.25. The highest BCUT2D eigenvalue weighted by Crippen LogP contribution is 2.14. The third kappa shape index (κ3) is 8.82. The summed E-state index contributed by atoms with van der Waals surface area (Å²) in [5.74, 6) is -2.24. The highest BCUT2D eigenvalue weighted by atomic mass is 19.1. The average Bonchev–Trinajstić information content (AvgIpc) is 3.41. The second-order valence-corrected chi connectivity index (χ2v) is 9.68. The molecule has 1 fully saturated rings. The van der Waals surface area contributed by atoms with Crippen molar-refractivity contribution in [3.8, 4) is 0 Å². The number of aliphatic hydroxyl groups is 1. The minimum absolute atomic E-state index is 0.00395. The van der Waals surface area contributed by atoms with Gasteiger partial charge in [-0.25, -0.2) is 8.78 Å². The van der Waals surface area contributed by atoms with E-state index < -0.39 is 29.7 Å². The molecule has 0 aliphatic carbocycles. The third-order valence-electron chi connectivity index (χ3n) is 6.43. The Morgan fingerprint density at radius 1 is 1.11 bits per heavy atom. The molecule has 3 N–H and O–H groups in total. The zero-order chi connectivity index (χ0) is 27.5. The van der Waals surface area contributed by atoms with Gasteiger partial charge in [-0.3, -0.25) is 14.6 Å². The van der Waals surface area contributed by atoms with E-state index in [0.29, 0.717) is 37.4 Å². The Balaban J connectivity index is 1.74. The van der Waals surface area contributed by atoms with Gasteiger partial charge in [0.2, 0.25) is 0 Å². The molecule has 1 aliphatic heterocycles.